The lowest BCUT2D eigenvalue weighted by Gasteiger charge is -2.22. The van der Waals surface area contributed by atoms with E-state index in [1.165, 1.54) is 86.9 Å². The van der Waals surface area contributed by atoms with E-state index in [1.807, 2.05) is 0 Å². The molecule has 2 heterocycles. The summed E-state index contributed by atoms with van der Waals surface area (Å²) in [5.41, 5.74) is 19.5. The molecule has 0 N–H and O–H groups in total. The molecule has 0 fully saturated rings. The molecule has 0 bridgehead atoms. The molecule has 59 heavy (non-hydrogen) atoms. The molecule has 8 aromatic carbocycles. The van der Waals surface area contributed by atoms with Gasteiger partial charge in [0.05, 0.1) is 0 Å². The number of nitrogens with zero attached hydrogens (tertiary/aromatic N) is 3. The minimum Gasteiger partial charge on any atom is -0.455 e. The highest BCUT2D eigenvalue weighted by molar-refractivity contribution is 6.70. The fourth-order valence-electron chi connectivity index (χ4n) is 9.64. The fourth-order valence-corrected chi connectivity index (χ4v) is 9.64. The maximum absolute atomic E-state index is 6.77. The SMILES string of the molecule is Bc1c(B)c(B)c(-c2nc(-c3ccc4oc5c(-c6ccc7c8ccccc8c8ccccc8c7c6)cccc5c4c3)nc(-c3c(B)c(B)c(B)c(B)c3B)n2)c(B)c1B. The van der Waals surface area contributed by atoms with Crippen molar-refractivity contribution >= 4 is 187 Å². The van der Waals surface area contributed by atoms with Crippen molar-refractivity contribution < 1.29 is 4.42 Å². The number of furan rings is 1. The van der Waals surface area contributed by atoms with E-state index < -0.39 is 0 Å². The third-order valence-electron chi connectivity index (χ3n) is 13.9. The molecule has 4 nitrogen and oxygen atoms in total. The van der Waals surface area contributed by atoms with Gasteiger partial charge < -0.3 is 4.42 Å². The molecular weight excluding hydrogens is 707 g/mol. The highest BCUT2D eigenvalue weighted by atomic mass is 16.3. The molecular formula is C45H37B10N3O. The molecule has 0 saturated carbocycles. The second kappa shape index (κ2) is 13.8. The van der Waals surface area contributed by atoms with E-state index in [-0.39, 0.29) is 0 Å². The van der Waals surface area contributed by atoms with Gasteiger partial charge in [0.25, 0.3) is 0 Å². The maximum Gasteiger partial charge on any atom is 0.164 e. The Labute approximate surface area is 353 Å². The number of fused-ring (bicyclic) bond motifs is 9. The quantitative estimate of drug-likeness (QED) is 0.134. The summed E-state index contributed by atoms with van der Waals surface area (Å²) in [6.07, 6.45) is 0. The standard InChI is InChI=1S/C45H37B10N3O/c46-32-30(33(47)37(51)40(54)36(32)50)44-56-43(57-45(58-44)31-34(48)38(52)41(55)39(53)35(31)49)19-13-15-29-28(17-19)26-11-5-10-20(42(26)59-29)18-12-14-25-23-8-2-1-6-21(23)22-7-3-4-9-24(22)27(25)16-18/h1-17H,46-55H2. The lowest BCUT2D eigenvalue weighted by atomic mass is 9.60. The molecule has 10 aromatic rings. The molecule has 0 saturated heterocycles. The van der Waals surface area contributed by atoms with Gasteiger partial charge in [0.1, 0.15) is 89.6 Å². The summed E-state index contributed by atoms with van der Waals surface area (Å²) in [5.74, 6) is 2.06. The Bertz CT molecular complexity index is 3300. The van der Waals surface area contributed by atoms with Crippen LogP contribution in [0.2, 0.25) is 0 Å². The van der Waals surface area contributed by atoms with Crippen molar-refractivity contribution in [2.24, 2.45) is 0 Å². The summed E-state index contributed by atoms with van der Waals surface area (Å²) in [4.78, 5) is 16.0. The first-order chi connectivity index (χ1) is 28.4. The summed E-state index contributed by atoms with van der Waals surface area (Å²) in [6.45, 7) is 0. The molecule has 268 valence electrons. The van der Waals surface area contributed by atoms with Crippen molar-refractivity contribution in [3.63, 3.8) is 0 Å². The van der Waals surface area contributed by atoms with Crippen LogP contribution in [-0.2, 0) is 0 Å². The van der Waals surface area contributed by atoms with Gasteiger partial charge in [-0.2, -0.15) is 0 Å². The van der Waals surface area contributed by atoms with Gasteiger partial charge in [-0.05, 0) is 62.1 Å². The average molecular weight is 744 g/mol. The van der Waals surface area contributed by atoms with Crippen molar-refractivity contribution in [1.82, 2.24) is 15.0 Å². The van der Waals surface area contributed by atoms with Gasteiger partial charge in [0.15, 0.2) is 17.5 Å². The maximum atomic E-state index is 6.77. The third kappa shape index (κ3) is 5.63. The Balaban J connectivity index is 1.18. The highest BCUT2D eigenvalue weighted by Gasteiger charge is 2.23. The lowest BCUT2D eigenvalue weighted by molar-refractivity contribution is 0.670. The van der Waals surface area contributed by atoms with E-state index in [2.05, 4.69) is 182 Å². The van der Waals surface area contributed by atoms with Crippen LogP contribution in [0, 0.1) is 0 Å². The Hall–Kier alpha value is -6.00. The van der Waals surface area contributed by atoms with Crippen LogP contribution in [0.3, 0.4) is 0 Å². The van der Waals surface area contributed by atoms with Gasteiger partial charge in [-0.3, -0.25) is 0 Å². The topological polar surface area (TPSA) is 51.8 Å². The van der Waals surface area contributed by atoms with Gasteiger partial charge >= 0.3 is 0 Å². The number of aromatic nitrogens is 3. The summed E-state index contributed by atoms with van der Waals surface area (Å²) in [7, 11) is 22.1. The monoisotopic (exact) mass is 745 g/mol. The first kappa shape index (κ1) is 37.3. The van der Waals surface area contributed by atoms with E-state index in [0.717, 1.165) is 49.8 Å². The summed E-state index contributed by atoms with van der Waals surface area (Å²) >= 11 is 0. The molecule has 0 amide bonds. The molecule has 0 aliphatic heterocycles. The number of hydrogen-bond acceptors (Lipinski definition) is 4. The van der Waals surface area contributed by atoms with Crippen LogP contribution >= 0.6 is 0 Å². The van der Waals surface area contributed by atoms with Crippen LogP contribution < -0.4 is 54.6 Å². The van der Waals surface area contributed by atoms with Gasteiger partial charge in [0, 0.05) is 33.0 Å². The normalized spacial score (nSPS) is 11.7. The van der Waals surface area contributed by atoms with Crippen LogP contribution in [0.4, 0.5) is 0 Å². The summed E-state index contributed by atoms with van der Waals surface area (Å²) < 4.78 is 6.77. The van der Waals surface area contributed by atoms with E-state index >= 15 is 0 Å². The molecule has 0 atom stereocenters. The van der Waals surface area contributed by atoms with Crippen LogP contribution in [0.1, 0.15) is 0 Å². The fraction of sp³-hybridized carbons (Fsp3) is 0. The first-order valence-electron chi connectivity index (χ1n) is 20.6. The van der Waals surface area contributed by atoms with Crippen LogP contribution in [0.5, 0.6) is 0 Å². The lowest BCUT2D eigenvalue weighted by Crippen LogP contribution is -2.55. The highest BCUT2D eigenvalue weighted by Crippen LogP contribution is 2.41. The van der Waals surface area contributed by atoms with E-state index in [9.17, 15) is 0 Å². The van der Waals surface area contributed by atoms with Crippen molar-refractivity contribution in [2.45, 2.75) is 0 Å². The second-order valence-corrected chi connectivity index (χ2v) is 16.7. The van der Waals surface area contributed by atoms with Gasteiger partial charge in [0.2, 0.25) is 0 Å². The minimum absolute atomic E-state index is 0.649. The molecule has 10 rings (SSSR count). The Morgan fingerprint density at radius 2 is 0.729 bits per heavy atom. The van der Waals surface area contributed by atoms with Gasteiger partial charge in [-0.1, -0.05) is 101 Å². The van der Waals surface area contributed by atoms with Crippen molar-refractivity contribution in [3.05, 3.63) is 103 Å². The first-order valence-corrected chi connectivity index (χ1v) is 20.6. The number of hydrogen-bond donors (Lipinski definition) is 0. The zero-order valence-corrected chi connectivity index (χ0v) is 35.6. The van der Waals surface area contributed by atoms with Crippen LogP contribution in [-0.4, -0.2) is 93.4 Å². The molecule has 14 heteroatoms. The zero-order chi connectivity index (χ0) is 41.0. The van der Waals surface area contributed by atoms with Crippen molar-refractivity contribution in [3.8, 4) is 45.3 Å². The molecule has 2 aromatic heterocycles. The minimum atomic E-state index is 0.649. The smallest absolute Gasteiger partial charge is 0.164 e. The molecule has 0 aliphatic carbocycles. The number of para-hydroxylation sites is 1. The second-order valence-electron chi connectivity index (χ2n) is 16.7. The molecule has 0 radical (unpaired) electrons. The van der Waals surface area contributed by atoms with Gasteiger partial charge in [-0.15, -0.1) is 32.8 Å². The van der Waals surface area contributed by atoms with E-state index in [0.29, 0.717) is 17.5 Å². The van der Waals surface area contributed by atoms with Crippen molar-refractivity contribution in [2.75, 3.05) is 0 Å². The Morgan fingerprint density at radius 3 is 1.25 bits per heavy atom. The molecule has 0 spiro atoms. The van der Waals surface area contributed by atoms with E-state index in [4.69, 9.17) is 19.4 Å². The van der Waals surface area contributed by atoms with Crippen molar-refractivity contribution in [1.29, 1.82) is 0 Å². The number of benzene rings is 8. The third-order valence-corrected chi connectivity index (χ3v) is 13.9. The Morgan fingerprint density at radius 1 is 0.322 bits per heavy atom. The largest absolute Gasteiger partial charge is 0.455 e. The van der Waals surface area contributed by atoms with Crippen LogP contribution in [0.25, 0.3) is 99.5 Å². The van der Waals surface area contributed by atoms with E-state index in [1.54, 1.807) is 0 Å². The predicted octanol–water partition coefficient (Wildman–Crippen LogP) is -5.52. The summed E-state index contributed by atoms with van der Waals surface area (Å²) in [6, 6.07) is 37.1. The predicted molar refractivity (Wildman–Crippen MR) is 283 cm³/mol. The summed E-state index contributed by atoms with van der Waals surface area (Å²) in [5, 5.41) is 9.65. The molecule has 0 unspecified atom stereocenters. The average Bonchev–Trinajstić information content (AvgIpc) is 3.64. The number of rotatable bonds is 4. The van der Waals surface area contributed by atoms with Crippen LogP contribution in [0.15, 0.2) is 108 Å². The van der Waals surface area contributed by atoms with Gasteiger partial charge in [-0.25, -0.2) is 15.0 Å². The molecule has 0 aliphatic rings. The Kier molecular flexibility index (Phi) is 8.72. The zero-order valence-electron chi connectivity index (χ0n) is 35.6.